The molecule has 0 aromatic rings. The Morgan fingerprint density at radius 2 is 2.09 bits per heavy atom. The molecule has 0 aromatic heterocycles. The van der Waals surface area contributed by atoms with Gasteiger partial charge in [-0.1, -0.05) is 6.92 Å². The van der Waals surface area contributed by atoms with Crippen molar-refractivity contribution < 1.29 is 9.53 Å². The maximum Gasteiger partial charge on any atom is 0.191 e. The maximum absolute atomic E-state index is 10.9. The van der Waals surface area contributed by atoms with Crippen LogP contribution in [0.3, 0.4) is 0 Å². The van der Waals surface area contributed by atoms with Crippen molar-refractivity contribution in [2.75, 3.05) is 6.61 Å². The highest BCUT2D eigenvalue weighted by Crippen LogP contribution is 2.06. The smallest absolute Gasteiger partial charge is 0.191 e. The van der Waals surface area contributed by atoms with Crippen molar-refractivity contribution in [3.05, 3.63) is 0 Å². The zero-order chi connectivity index (χ0) is 8.85. The molecule has 3 nitrogen and oxygen atoms in total. The lowest BCUT2D eigenvalue weighted by molar-refractivity contribution is -0.119. The van der Waals surface area contributed by atoms with E-state index in [1.165, 1.54) is 6.92 Å². The van der Waals surface area contributed by atoms with Gasteiger partial charge in [0.1, 0.15) is 5.78 Å². The third-order valence-corrected chi connectivity index (χ3v) is 1.52. The van der Waals surface area contributed by atoms with Crippen molar-refractivity contribution in [3.63, 3.8) is 0 Å². The van der Waals surface area contributed by atoms with E-state index in [9.17, 15) is 4.79 Å². The van der Waals surface area contributed by atoms with Gasteiger partial charge in [0.05, 0.1) is 12.5 Å². The highest BCUT2D eigenvalue weighted by atomic mass is 16.5. The number of carbonyl (C=O) groups is 1. The molecule has 0 spiro atoms. The van der Waals surface area contributed by atoms with Gasteiger partial charge in [-0.3, -0.25) is 10.2 Å². The third kappa shape index (κ3) is 3.16. The molecule has 1 N–H and O–H groups in total. The second kappa shape index (κ2) is 4.88. The van der Waals surface area contributed by atoms with Crippen LogP contribution >= 0.6 is 0 Å². The Morgan fingerprint density at radius 3 is 2.36 bits per heavy atom. The van der Waals surface area contributed by atoms with E-state index in [1.54, 1.807) is 6.92 Å². The van der Waals surface area contributed by atoms with Crippen LogP contribution in [0.5, 0.6) is 0 Å². The van der Waals surface area contributed by atoms with Crippen molar-refractivity contribution >= 4 is 11.7 Å². The Labute approximate surface area is 67.3 Å². The molecule has 0 radical (unpaired) electrons. The van der Waals surface area contributed by atoms with Gasteiger partial charge >= 0.3 is 0 Å². The molecule has 0 saturated heterocycles. The number of hydrogen-bond acceptors (Lipinski definition) is 3. The van der Waals surface area contributed by atoms with E-state index < -0.39 is 0 Å². The van der Waals surface area contributed by atoms with Crippen LogP contribution in [0, 0.1) is 11.3 Å². The van der Waals surface area contributed by atoms with Crippen molar-refractivity contribution in [3.8, 4) is 0 Å². The average Bonchev–Trinajstić information content (AvgIpc) is 1.88. The van der Waals surface area contributed by atoms with E-state index in [1.807, 2.05) is 6.92 Å². The largest absolute Gasteiger partial charge is 0.481 e. The maximum atomic E-state index is 10.9. The van der Waals surface area contributed by atoms with Crippen LogP contribution in [-0.2, 0) is 9.53 Å². The van der Waals surface area contributed by atoms with Gasteiger partial charge in [-0.05, 0) is 20.3 Å². The van der Waals surface area contributed by atoms with Gasteiger partial charge in [-0.15, -0.1) is 0 Å². The quantitative estimate of drug-likeness (QED) is 0.498. The molecule has 0 aliphatic rings. The van der Waals surface area contributed by atoms with Gasteiger partial charge in [0.15, 0.2) is 5.90 Å². The fourth-order valence-corrected chi connectivity index (χ4v) is 0.914. The monoisotopic (exact) mass is 157 g/mol. The SMILES string of the molecule is CCOC(=N)C(CC)C(C)=O. The summed E-state index contributed by atoms with van der Waals surface area (Å²) in [4.78, 5) is 10.9. The summed E-state index contributed by atoms with van der Waals surface area (Å²) in [6.07, 6.45) is 0.647. The standard InChI is InChI=1S/C8H15NO2/c1-4-7(6(3)10)8(9)11-5-2/h7,9H,4-5H2,1-3H3. The topological polar surface area (TPSA) is 50.1 Å². The Balaban J connectivity index is 4.03. The summed E-state index contributed by atoms with van der Waals surface area (Å²) in [6.45, 7) is 5.63. The first-order chi connectivity index (χ1) is 5.13. The number of Topliss-reactive ketones (excluding diaryl/α,β-unsaturated/α-hetero) is 1. The van der Waals surface area contributed by atoms with E-state index in [2.05, 4.69) is 0 Å². The number of rotatable bonds is 4. The van der Waals surface area contributed by atoms with Crippen molar-refractivity contribution in [2.45, 2.75) is 27.2 Å². The van der Waals surface area contributed by atoms with Crippen LogP contribution in [0.15, 0.2) is 0 Å². The second-order valence-corrected chi connectivity index (χ2v) is 2.37. The van der Waals surface area contributed by atoms with Gasteiger partial charge in [0.25, 0.3) is 0 Å². The molecule has 1 unspecified atom stereocenters. The molecule has 0 aromatic carbocycles. The fraction of sp³-hybridized carbons (Fsp3) is 0.750. The Bertz CT molecular complexity index is 154. The highest BCUT2D eigenvalue weighted by molar-refractivity contribution is 5.98. The van der Waals surface area contributed by atoms with Crippen LogP contribution in [0.4, 0.5) is 0 Å². The predicted molar refractivity (Wildman–Crippen MR) is 43.8 cm³/mol. The minimum Gasteiger partial charge on any atom is -0.481 e. The van der Waals surface area contributed by atoms with Crippen LogP contribution in [0.25, 0.3) is 0 Å². The van der Waals surface area contributed by atoms with Gasteiger partial charge in [-0.2, -0.15) is 0 Å². The van der Waals surface area contributed by atoms with Crippen molar-refractivity contribution in [2.24, 2.45) is 5.92 Å². The summed E-state index contributed by atoms with van der Waals surface area (Å²) in [5.41, 5.74) is 0. The Kier molecular flexibility index (Phi) is 4.50. The number of hydrogen-bond donors (Lipinski definition) is 1. The predicted octanol–water partition coefficient (Wildman–Crippen LogP) is 1.62. The van der Waals surface area contributed by atoms with Gasteiger partial charge in [0, 0.05) is 0 Å². The second-order valence-electron chi connectivity index (χ2n) is 2.37. The fourth-order valence-electron chi connectivity index (χ4n) is 0.914. The molecule has 11 heavy (non-hydrogen) atoms. The Morgan fingerprint density at radius 1 is 1.55 bits per heavy atom. The molecule has 0 saturated carbocycles. The summed E-state index contributed by atoms with van der Waals surface area (Å²) < 4.78 is 4.92. The molecular weight excluding hydrogens is 142 g/mol. The van der Waals surface area contributed by atoms with E-state index in [0.29, 0.717) is 13.0 Å². The summed E-state index contributed by atoms with van der Waals surface area (Å²) in [5, 5.41) is 7.33. The lowest BCUT2D eigenvalue weighted by Crippen LogP contribution is -2.22. The molecule has 0 rings (SSSR count). The number of ether oxygens (including phenoxy) is 1. The Hall–Kier alpha value is -0.860. The summed E-state index contributed by atoms with van der Waals surface area (Å²) in [5.74, 6) is -0.233. The van der Waals surface area contributed by atoms with Gasteiger partial charge in [0.2, 0.25) is 0 Å². The van der Waals surface area contributed by atoms with Crippen LogP contribution in [0.2, 0.25) is 0 Å². The van der Waals surface area contributed by atoms with Crippen molar-refractivity contribution in [1.29, 1.82) is 5.41 Å². The molecule has 0 heterocycles. The molecule has 0 aliphatic carbocycles. The zero-order valence-electron chi connectivity index (χ0n) is 7.31. The molecular formula is C8H15NO2. The van der Waals surface area contributed by atoms with E-state index >= 15 is 0 Å². The lowest BCUT2D eigenvalue weighted by Gasteiger charge is -2.12. The normalized spacial score (nSPS) is 12.3. The number of ketones is 1. The summed E-state index contributed by atoms with van der Waals surface area (Å²) in [6, 6.07) is 0. The summed E-state index contributed by atoms with van der Waals surface area (Å²) in [7, 11) is 0. The van der Waals surface area contributed by atoms with Crippen LogP contribution in [0.1, 0.15) is 27.2 Å². The molecule has 3 heteroatoms. The van der Waals surface area contributed by atoms with E-state index in [0.717, 1.165) is 0 Å². The summed E-state index contributed by atoms with van der Waals surface area (Å²) >= 11 is 0. The molecule has 1 atom stereocenters. The average molecular weight is 157 g/mol. The number of nitrogens with one attached hydrogen (secondary N) is 1. The molecule has 64 valence electrons. The highest BCUT2D eigenvalue weighted by Gasteiger charge is 2.18. The molecule has 0 fully saturated rings. The van der Waals surface area contributed by atoms with Gasteiger partial charge < -0.3 is 4.74 Å². The minimum atomic E-state index is -0.338. The van der Waals surface area contributed by atoms with E-state index in [4.69, 9.17) is 10.1 Å². The first-order valence-electron chi connectivity index (χ1n) is 3.85. The first kappa shape index (κ1) is 10.1. The van der Waals surface area contributed by atoms with Gasteiger partial charge in [-0.25, -0.2) is 0 Å². The molecule has 0 amide bonds. The molecule has 0 bridgehead atoms. The lowest BCUT2D eigenvalue weighted by atomic mass is 10.0. The third-order valence-electron chi connectivity index (χ3n) is 1.52. The zero-order valence-corrected chi connectivity index (χ0v) is 7.31. The molecule has 0 aliphatic heterocycles. The van der Waals surface area contributed by atoms with Crippen LogP contribution in [-0.4, -0.2) is 18.3 Å². The first-order valence-corrected chi connectivity index (χ1v) is 3.85. The minimum absolute atomic E-state index is 0.00551. The van der Waals surface area contributed by atoms with Crippen LogP contribution < -0.4 is 0 Å². The number of carbonyl (C=O) groups excluding carboxylic acids is 1. The van der Waals surface area contributed by atoms with Crippen molar-refractivity contribution in [1.82, 2.24) is 0 Å². The van der Waals surface area contributed by atoms with E-state index in [-0.39, 0.29) is 17.6 Å².